The Bertz CT molecular complexity index is 709. The lowest BCUT2D eigenvalue weighted by molar-refractivity contribution is -0.0798. The average Bonchev–Trinajstić information content (AvgIpc) is 2.49. The van der Waals surface area contributed by atoms with Gasteiger partial charge < -0.3 is 14.6 Å². The summed E-state index contributed by atoms with van der Waals surface area (Å²) in [6.07, 6.45) is -0.722. The largest absolute Gasteiger partial charge is 0.489 e. The van der Waals surface area contributed by atoms with Gasteiger partial charge in [-0.05, 0) is 18.2 Å². The van der Waals surface area contributed by atoms with Crippen molar-refractivity contribution in [2.24, 2.45) is 0 Å². The SMILES string of the molecule is O=C1c2ccccc2O[C@H]2COc3ccccc3[C@@]12O. The molecule has 2 aromatic carbocycles. The molecule has 2 atom stereocenters. The van der Waals surface area contributed by atoms with Crippen molar-refractivity contribution in [3.8, 4) is 11.5 Å². The highest BCUT2D eigenvalue weighted by molar-refractivity contribution is 6.06. The van der Waals surface area contributed by atoms with Gasteiger partial charge in [-0.15, -0.1) is 0 Å². The topological polar surface area (TPSA) is 55.8 Å². The van der Waals surface area contributed by atoms with Crippen molar-refractivity contribution in [1.82, 2.24) is 0 Å². The Morgan fingerprint density at radius 1 is 1.05 bits per heavy atom. The molecular weight excluding hydrogens is 256 g/mol. The van der Waals surface area contributed by atoms with Crippen LogP contribution in [0.15, 0.2) is 48.5 Å². The zero-order chi connectivity index (χ0) is 13.7. The molecule has 0 fully saturated rings. The van der Waals surface area contributed by atoms with E-state index < -0.39 is 11.7 Å². The van der Waals surface area contributed by atoms with E-state index in [1.807, 2.05) is 6.07 Å². The van der Waals surface area contributed by atoms with Crippen LogP contribution >= 0.6 is 0 Å². The quantitative estimate of drug-likeness (QED) is 0.793. The van der Waals surface area contributed by atoms with Gasteiger partial charge >= 0.3 is 0 Å². The number of para-hydroxylation sites is 2. The molecular formula is C16H12O4. The standard InChI is InChI=1S/C16H12O4/c17-15-10-5-1-3-7-12(10)20-14-9-19-13-8-4-2-6-11(13)16(14,15)18/h1-8,14,18H,9H2/t14-,16-/m0/s1. The first-order valence-corrected chi connectivity index (χ1v) is 6.46. The minimum atomic E-state index is -1.68. The number of fused-ring (bicyclic) bond motifs is 4. The van der Waals surface area contributed by atoms with E-state index in [2.05, 4.69) is 0 Å². The van der Waals surface area contributed by atoms with Crippen LogP contribution in [0.25, 0.3) is 0 Å². The average molecular weight is 268 g/mol. The van der Waals surface area contributed by atoms with E-state index in [0.717, 1.165) is 0 Å². The van der Waals surface area contributed by atoms with Gasteiger partial charge in [-0.3, -0.25) is 4.79 Å². The Morgan fingerprint density at radius 3 is 2.60 bits per heavy atom. The normalized spacial score (nSPS) is 26.6. The highest BCUT2D eigenvalue weighted by atomic mass is 16.6. The lowest BCUT2D eigenvalue weighted by atomic mass is 9.78. The predicted molar refractivity (Wildman–Crippen MR) is 71.0 cm³/mol. The summed E-state index contributed by atoms with van der Waals surface area (Å²) in [6, 6.07) is 14.0. The van der Waals surface area contributed by atoms with E-state index in [9.17, 15) is 9.90 Å². The maximum atomic E-state index is 12.7. The molecule has 1 N–H and O–H groups in total. The maximum absolute atomic E-state index is 12.7. The number of carbonyl (C=O) groups is 1. The van der Waals surface area contributed by atoms with Crippen LogP contribution in [-0.4, -0.2) is 23.6 Å². The predicted octanol–water partition coefficient (Wildman–Crippen LogP) is 1.91. The van der Waals surface area contributed by atoms with Crippen LogP contribution in [0.5, 0.6) is 11.5 Å². The first-order chi connectivity index (χ1) is 9.71. The molecule has 2 aliphatic rings. The van der Waals surface area contributed by atoms with E-state index in [1.54, 1.807) is 42.5 Å². The summed E-state index contributed by atoms with van der Waals surface area (Å²) in [5.74, 6) is 0.692. The van der Waals surface area contributed by atoms with Crippen molar-refractivity contribution in [2.45, 2.75) is 11.7 Å². The van der Waals surface area contributed by atoms with E-state index >= 15 is 0 Å². The summed E-state index contributed by atoms with van der Waals surface area (Å²) < 4.78 is 11.4. The van der Waals surface area contributed by atoms with Gasteiger partial charge in [-0.25, -0.2) is 0 Å². The number of benzene rings is 2. The minimum Gasteiger partial charge on any atom is -0.489 e. The summed E-state index contributed by atoms with van der Waals surface area (Å²) in [4.78, 5) is 12.7. The molecule has 2 aliphatic heterocycles. The number of ketones is 1. The Morgan fingerprint density at radius 2 is 1.75 bits per heavy atom. The highest BCUT2D eigenvalue weighted by Crippen LogP contribution is 2.45. The zero-order valence-corrected chi connectivity index (χ0v) is 10.6. The monoisotopic (exact) mass is 268 g/mol. The number of hydrogen-bond donors (Lipinski definition) is 1. The van der Waals surface area contributed by atoms with Crippen LogP contribution in [-0.2, 0) is 5.60 Å². The molecule has 4 rings (SSSR count). The molecule has 0 aromatic heterocycles. The smallest absolute Gasteiger partial charge is 0.206 e. The minimum absolute atomic E-state index is 0.146. The second kappa shape index (κ2) is 3.84. The van der Waals surface area contributed by atoms with Gasteiger partial charge in [-0.1, -0.05) is 30.3 Å². The second-order valence-electron chi connectivity index (χ2n) is 5.01. The van der Waals surface area contributed by atoms with E-state index in [0.29, 0.717) is 22.6 Å². The maximum Gasteiger partial charge on any atom is 0.206 e. The van der Waals surface area contributed by atoms with Gasteiger partial charge in [0.15, 0.2) is 11.7 Å². The Hall–Kier alpha value is -2.33. The van der Waals surface area contributed by atoms with Crippen LogP contribution in [0, 0.1) is 0 Å². The third kappa shape index (κ3) is 1.31. The summed E-state index contributed by atoms with van der Waals surface area (Å²) in [5, 5.41) is 11.0. The molecule has 0 saturated heterocycles. The van der Waals surface area contributed by atoms with E-state index in [1.165, 1.54) is 0 Å². The Balaban J connectivity index is 1.95. The van der Waals surface area contributed by atoms with Crippen molar-refractivity contribution < 1.29 is 19.4 Å². The molecule has 2 aromatic rings. The molecule has 4 nitrogen and oxygen atoms in total. The lowest BCUT2D eigenvalue weighted by Gasteiger charge is -2.42. The zero-order valence-electron chi connectivity index (χ0n) is 10.6. The number of rotatable bonds is 0. The number of carbonyl (C=O) groups excluding carboxylic acids is 1. The molecule has 0 saturated carbocycles. The van der Waals surface area contributed by atoms with Crippen LogP contribution in [0.4, 0.5) is 0 Å². The third-order valence-corrected chi connectivity index (χ3v) is 3.90. The van der Waals surface area contributed by atoms with E-state index in [-0.39, 0.29) is 12.4 Å². The molecule has 0 spiro atoms. The summed E-state index contributed by atoms with van der Waals surface area (Å²) in [7, 11) is 0. The van der Waals surface area contributed by atoms with Crippen LogP contribution in [0.2, 0.25) is 0 Å². The van der Waals surface area contributed by atoms with Gasteiger partial charge in [0.25, 0.3) is 0 Å². The Labute approximate surface area is 115 Å². The fourth-order valence-electron chi connectivity index (χ4n) is 2.87. The number of hydrogen-bond acceptors (Lipinski definition) is 4. The fourth-order valence-corrected chi connectivity index (χ4v) is 2.87. The first kappa shape index (κ1) is 11.5. The van der Waals surface area contributed by atoms with Gasteiger partial charge in [-0.2, -0.15) is 0 Å². The molecule has 0 amide bonds. The van der Waals surface area contributed by atoms with E-state index in [4.69, 9.17) is 9.47 Å². The summed E-state index contributed by atoms with van der Waals surface area (Å²) >= 11 is 0. The molecule has 100 valence electrons. The summed E-state index contributed by atoms with van der Waals surface area (Å²) in [5.41, 5.74) is -0.804. The molecule has 20 heavy (non-hydrogen) atoms. The molecule has 2 heterocycles. The van der Waals surface area contributed by atoms with Crippen molar-refractivity contribution in [3.05, 3.63) is 59.7 Å². The Kier molecular flexibility index (Phi) is 2.20. The van der Waals surface area contributed by atoms with Gasteiger partial charge in [0.05, 0.1) is 5.56 Å². The molecule has 4 heteroatoms. The van der Waals surface area contributed by atoms with Crippen LogP contribution in [0.1, 0.15) is 15.9 Å². The van der Waals surface area contributed by atoms with Crippen molar-refractivity contribution in [1.29, 1.82) is 0 Å². The number of ether oxygens (including phenoxy) is 2. The van der Waals surface area contributed by atoms with Gasteiger partial charge in [0.2, 0.25) is 5.78 Å². The van der Waals surface area contributed by atoms with Crippen molar-refractivity contribution in [2.75, 3.05) is 6.61 Å². The first-order valence-electron chi connectivity index (χ1n) is 6.46. The van der Waals surface area contributed by atoms with Crippen molar-refractivity contribution >= 4 is 5.78 Å². The van der Waals surface area contributed by atoms with Gasteiger partial charge in [0, 0.05) is 5.56 Å². The van der Waals surface area contributed by atoms with Crippen LogP contribution in [0.3, 0.4) is 0 Å². The number of Topliss-reactive ketones (excluding diaryl/α,β-unsaturated/α-hetero) is 1. The van der Waals surface area contributed by atoms with Gasteiger partial charge in [0.1, 0.15) is 18.1 Å². The molecule has 0 unspecified atom stereocenters. The lowest BCUT2D eigenvalue weighted by Crippen LogP contribution is -2.57. The summed E-state index contributed by atoms with van der Waals surface area (Å²) in [6.45, 7) is 0.146. The van der Waals surface area contributed by atoms with Crippen molar-refractivity contribution in [3.63, 3.8) is 0 Å². The molecule has 0 aliphatic carbocycles. The molecule has 0 radical (unpaired) electrons. The number of aliphatic hydroxyl groups is 1. The second-order valence-corrected chi connectivity index (χ2v) is 5.01. The highest BCUT2D eigenvalue weighted by Gasteiger charge is 2.55. The molecule has 0 bridgehead atoms. The van der Waals surface area contributed by atoms with Crippen LogP contribution < -0.4 is 9.47 Å². The fraction of sp³-hybridized carbons (Fsp3) is 0.188. The third-order valence-electron chi connectivity index (χ3n) is 3.90.